The zero-order valence-corrected chi connectivity index (χ0v) is 17.5. The fourth-order valence-electron chi connectivity index (χ4n) is 3.38. The first-order chi connectivity index (χ1) is 13.5. The number of benzene rings is 1. The number of nitrogens with one attached hydrogen (secondary N) is 2. The predicted octanol–water partition coefficient (Wildman–Crippen LogP) is 3.22. The first kappa shape index (κ1) is 19.2. The molecule has 0 bridgehead atoms. The molecule has 6 nitrogen and oxygen atoms in total. The van der Waals surface area contributed by atoms with Gasteiger partial charge in [-0.05, 0) is 41.8 Å². The van der Waals surface area contributed by atoms with Crippen molar-refractivity contribution in [1.29, 1.82) is 0 Å². The molecule has 0 saturated carbocycles. The Balaban J connectivity index is 1.34. The third-order valence-electron chi connectivity index (χ3n) is 5.01. The molecule has 2 aliphatic heterocycles. The highest BCUT2D eigenvalue weighted by Crippen LogP contribution is 2.32. The molecule has 3 heterocycles. The Morgan fingerprint density at radius 1 is 1.21 bits per heavy atom. The summed E-state index contributed by atoms with van der Waals surface area (Å²) in [5.41, 5.74) is 3.35. The highest BCUT2D eigenvalue weighted by molar-refractivity contribution is 9.10. The van der Waals surface area contributed by atoms with Crippen molar-refractivity contribution in [1.82, 2.24) is 15.7 Å². The first-order valence-electron chi connectivity index (χ1n) is 9.07. The van der Waals surface area contributed by atoms with Crippen molar-refractivity contribution in [3.8, 4) is 0 Å². The predicted molar refractivity (Wildman–Crippen MR) is 110 cm³/mol. The molecular weight excluding hydrogens is 442 g/mol. The van der Waals surface area contributed by atoms with Crippen LogP contribution in [0, 0.1) is 0 Å². The highest BCUT2D eigenvalue weighted by atomic mass is 79.9. The molecule has 8 heteroatoms. The molecule has 1 aromatic carbocycles. The Labute approximate surface area is 175 Å². The molecule has 1 aromatic heterocycles. The number of amides is 2. The third-order valence-corrected chi connectivity index (χ3v) is 6.41. The molecule has 0 aliphatic carbocycles. The topological polar surface area (TPSA) is 70.7 Å². The van der Waals surface area contributed by atoms with Crippen LogP contribution in [0.4, 0.5) is 0 Å². The molecule has 1 fully saturated rings. The monoisotopic (exact) mass is 461 g/mol. The molecule has 2 aliphatic rings. The van der Waals surface area contributed by atoms with Crippen LogP contribution in [0.3, 0.4) is 0 Å². The lowest BCUT2D eigenvalue weighted by molar-refractivity contribution is -0.120. The molecule has 1 saturated heterocycles. The Morgan fingerprint density at radius 2 is 1.96 bits per heavy atom. The van der Waals surface area contributed by atoms with Gasteiger partial charge in [-0.3, -0.25) is 19.9 Å². The second-order valence-corrected chi connectivity index (χ2v) is 8.84. The summed E-state index contributed by atoms with van der Waals surface area (Å²) < 4.78 is 0.946. The number of hydrogen-bond donors (Lipinski definition) is 2. The van der Waals surface area contributed by atoms with E-state index in [0.717, 1.165) is 9.35 Å². The summed E-state index contributed by atoms with van der Waals surface area (Å²) in [6.45, 7) is 1.66. The molecule has 4 rings (SSSR count). The van der Waals surface area contributed by atoms with Gasteiger partial charge in [-0.25, -0.2) is 0 Å². The van der Waals surface area contributed by atoms with Crippen molar-refractivity contribution in [3.63, 3.8) is 0 Å². The lowest BCUT2D eigenvalue weighted by Crippen LogP contribution is -2.46. The molecule has 2 amide bonds. The van der Waals surface area contributed by atoms with E-state index in [1.54, 1.807) is 11.3 Å². The molecular formula is C20H20BrN3O3S. The van der Waals surface area contributed by atoms with Gasteiger partial charge in [0.1, 0.15) is 11.3 Å². The van der Waals surface area contributed by atoms with E-state index in [4.69, 9.17) is 4.84 Å². The minimum atomic E-state index is -0.536. The zero-order valence-electron chi connectivity index (χ0n) is 15.1. The van der Waals surface area contributed by atoms with Crippen LogP contribution in [0.15, 0.2) is 58.0 Å². The van der Waals surface area contributed by atoms with Crippen molar-refractivity contribution in [3.05, 3.63) is 68.5 Å². The largest absolute Gasteiger partial charge is 0.346 e. The lowest BCUT2D eigenvalue weighted by Gasteiger charge is -2.36. The van der Waals surface area contributed by atoms with E-state index in [0.29, 0.717) is 43.7 Å². The minimum absolute atomic E-state index is 0.0196. The Morgan fingerprint density at radius 3 is 2.64 bits per heavy atom. The summed E-state index contributed by atoms with van der Waals surface area (Å²) >= 11 is 4.99. The number of rotatable bonds is 4. The molecule has 0 radical (unpaired) electrons. The molecule has 2 aromatic rings. The Bertz CT molecular complexity index is 888. The van der Waals surface area contributed by atoms with Gasteiger partial charge in [-0.15, -0.1) is 11.3 Å². The van der Waals surface area contributed by atoms with E-state index in [2.05, 4.69) is 26.7 Å². The van der Waals surface area contributed by atoms with Crippen LogP contribution < -0.4 is 10.8 Å². The number of carbonyl (C=O) groups excluding carboxylic acids is 2. The fourth-order valence-corrected chi connectivity index (χ4v) is 4.28. The van der Waals surface area contributed by atoms with Crippen LogP contribution in [-0.2, 0) is 16.2 Å². The second-order valence-electron chi connectivity index (χ2n) is 6.89. The van der Waals surface area contributed by atoms with Gasteiger partial charge in [0.05, 0.1) is 6.54 Å². The van der Waals surface area contributed by atoms with Crippen LogP contribution in [0.25, 0.3) is 0 Å². The quantitative estimate of drug-likeness (QED) is 0.732. The Kier molecular flexibility index (Phi) is 5.52. The van der Waals surface area contributed by atoms with Crippen molar-refractivity contribution in [2.75, 3.05) is 13.1 Å². The Hall–Kier alpha value is -2.16. The standard InChI is InChI=1S/C20H20BrN3O3S/c21-15-5-3-14(4-6-15)19(26)24-9-7-20(8-10-24)12-17(23-27-20)18(25)22-13-16-2-1-11-28-16/h1-6,11-12,23H,7-10,13H2,(H,22,25). The summed E-state index contributed by atoms with van der Waals surface area (Å²) in [4.78, 5) is 33.7. The number of halogens is 1. The highest BCUT2D eigenvalue weighted by Gasteiger charge is 2.41. The maximum Gasteiger partial charge on any atom is 0.269 e. The van der Waals surface area contributed by atoms with Gasteiger partial charge in [0.15, 0.2) is 0 Å². The first-order valence-corrected chi connectivity index (χ1v) is 10.7. The summed E-state index contributed by atoms with van der Waals surface area (Å²) in [5, 5.41) is 4.88. The van der Waals surface area contributed by atoms with Crippen LogP contribution in [-0.4, -0.2) is 35.4 Å². The summed E-state index contributed by atoms with van der Waals surface area (Å²) in [6, 6.07) is 11.3. The van der Waals surface area contributed by atoms with Gasteiger partial charge >= 0.3 is 0 Å². The van der Waals surface area contributed by atoms with Gasteiger partial charge in [-0.1, -0.05) is 22.0 Å². The second kappa shape index (κ2) is 8.06. The average Bonchev–Trinajstić information content (AvgIpc) is 3.37. The maximum atomic E-state index is 12.7. The van der Waals surface area contributed by atoms with Crippen molar-refractivity contribution >= 4 is 39.1 Å². The molecule has 146 valence electrons. The lowest BCUT2D eigenvalue weighted by atomic mass is 9.90. The summed E-state index contributed by atoms with van der Waals surface area (Å²) in [7, 11) is 0. The normalized spacial score (nSPS) is 17.9. The van der Waals surface area contributed by atoms with E-state index in [1.807, 2.05) is 52.8 Å². The van der Waals surface area contributed by atoms with Crippen LogP contribution in [0.5, 0.6) is 0 Å². The van der Waals surface area contributed by atoms with Crippen molar-refractivity contribution in [2.45, 2.75) is 25.0 Å². The van der Waals surface area contributed by atoms with Crippen molar-refractivity contribution in [2.24, 2.45) is 0 Å². The van der Waals surface area contributed by atoms with E-state index in [9.17, 15) is 9.59 Å². The number of piperidine rings is 1. The number of hydroxylamine groups is 1. The van der Waals surface area contributed by atoms with E-state index < -0.39 is 5.60 Å². The number of likely N-dealkylation sites (tertiary alicyclic amines) is 1. The van der Waals surface area contributed by atoms with Crippen molar-refractivity contribution < 1.29 is 14.4 Å². The molecule has 28 heavy (non-hydrogen) atoms. The van der Waals surface area contributed by atoms with Crippen LogP contribution in [0.1, 0.15) is 28.1 Å². The SMILES string of the molecule is O=C(NCc1cccs1)C1=CC2(CCN(C(=O)c3ccc(Br)cc3)CC2)ON1. The molecule has 1 spiro atoms. The minimum Gasteiger partial charge on any atom is -0.346 e. The van der Waals surface area contributed by atoms with Crippen LogP contribution in [0.2, 0.25) is 0 Å². The van der Waals surface area contributed by atoms with Gasteiger partial charge in [0.25, 0.3) is 11.8 Å². The molecule has 0 atom stereocenters. The van der Waals surface area contributed by atoms with Gasteiger partial charge in [0.2, 0.25) is 0 Å². The smallest absolute Gasteiger partial charge is 0.269 e. The van der Waals surface area contributed by atoms with Gasteiger partial charge < -0.3 is 10.2 Å². The number of nitrogens with zero attached hydrogens (tertiary/aromatic N) is 1. The van der Waals surface area contributed by atoms with E-state index >= 15 is 0 Å². The third kappa shape index (κ3) is 4.14. The average molecular weight is 462 g/mol. The maximum absolute atomic E-state index is 12.7. The number of hydrogen-bond acceptors (Lipinski definition) is 5. The molecule has 0 unspecified atom stereocenters. The van der Waals surface area contributed by atoms with Crippen LogP contribution >= 0.6 is 27.3 Å². The molecule has 2 N–H and O–H groups in total. The van der Waals surface area contributed by atoms with Gasteiger partial charge in [0, 0.05) is 40.8 Å². The van der Waals surface area contributed by atoms with Gasteiger partial charge in [-0.2, -0.15) is 0 Å². The van der Waals surface area contributed by atoms with E-state index in [1.165, 1.54) is 0 Å². The fraction of sp³-hybridized carbons (Fsp3) is 0.300. The summed E-state index contributed by atoms with van der Waals surface area (Å²) in [6.07, 6.45) is 3.14. The number of carbonyl (C=O) groups is 2. The number of thiophene rings is 1. The summed E-state index contributed by atoms with van der Waals surface area (Å²) in [5.74, 6) is -0.162. The zero-order chi connectivity index (χ0) is 19.6. The van der Waals surface area contributed by atoms with E-state index in [-0.39, 0.29) is 11.8 Å².